The first-order valence-corrected chi connectivity index (χ1v) is 6.38. The van der Waals surface area contributed by atoms with Gasteiger partial charge in [0.1, 0.15) is 17.6 Å². The molecular weight excluding hydrogens is 228 g/mol. The molecule has 0 radical (unpaired) electrons. The Labute approximate surface area is 107 Å². The Morgan fingerprint density at radius 3 is 2.89 bits per heavy atom. The molecule has 0 aliphatic heterocycles. The van der Waals surface area contributed by atoms with Gasteiger partial charge < -0.3 is 4.74 Å². The molecule has 2 rings (SSSR count). The van der Waals surface area contributed by atoms with Crippen molar-refractivity contribution in [2.45, 2.75) is 45.6 Å². The summed E-state index contributed by atoms with van der Waals surface area (Å²) in [7, 11) is 0. The van der Waals surface area contributed by atoms with Crippen LogP contribution in [0.25, 0.3) is 0 Å². The van der Waals surface area contributed by atoms with Gasteiger partial charge in [-0.25, -0.2) is 0 Å². The van der Waals surface area contributed by atoms with E-state index in [1.165, 1.54) is 0 Å². The smallest absolute Gasteiger partial charge is 0.163 e. The van der Waals surface area contributed by atoms with Crippen LogP contribution in [0.4, 0.5) is 0 Å². The van der Waals surface area contributed by atoms with Crippen LogP contribution in [-0.4, -0.2) is 17.7 Å². The molecule has 0 saturated carbocycles. The Bertz CT molecular complexity index is 477. The van der Waals surface area contributed by atoms with E-state index in [4.69, 9.17) is 4.74 Å². The summed E-state index contributed by atoms with van der Waals surface area (Å²) in [6.45, 7) is 3.44. The van der Waals surface area contributed by atoms with Gasteiger partial charge in [-0.15, -0.1) is 0 Å². The van der Waals surface area contributed by atoms with Gasteiger partial charge in [-0.1, -0.05) is 0 Å². The first kappa shape index (κ1) is 12.8. The normalized spacial score (nSPS) is 16.0. The van der Waals surface area contributed by atoms with Gasteiger partial charge in [0.15, 0.2) is 5.78 Å². The molecule has 1 aromatic carbocycles. The van der Waals surface area contributed by atoms with Gasteiger partial charge in [-0.2, -0.15) is 0 Å². The highest BCUT2D eigenvalue weighted by Gasteiger charge is 2.18. The average Bonchev–Trinajstić information content (AvgIpc) is 2.27. The summed E-state index contributed by atoms with van der Waals surface area (Å²) in [5, 5.41) is 0. The molecule has 0 heterocycles. The van der Waals surface area contributed by atoms with Gasteiger partial charge in [-0.05, 0) is 50.5 Å². The molecule has 1 atom stereocenters. The summed E-state index contributed by atoms with van der Waals surface area (Å²) in [5.74, 6) is 1.09. The molecule has 1 aromatic rings. The van der Waals surface area contributed by atoms with Crippen molar-refractivity contribution in [1.82, 2.24) is 0 Å². The van der Waals surface area contributed by atoms with Gasteiger partial charge in [0.2, 0.25) is 0 Å². The quantitative estimate of drug-likeness (QED) is 0.820. The van der Waals surface area contributed by atoms with E-state index in [0.717, 1.165) is 29.7 Å². The number of hydrogen-bond donors (Lipinski definition) is 0. The number of benzene rings is 1. The number of ketones is 2. The molecule has 0 spiro atoms. The van der Waals surface area contributed by atoms with E-state index in [1.54, 1.807) is 6.92 Å². The lowest BCUT2D eigenvalue weighted by Crippen LogP contribution is -2.16. The molecule has 1 aliphatic rings. The monoisotopic (exact) mass is 246 g/mol. The minimum absolute atomic E-state index is 0.121. The lowest BCUT2D eigenvalue weighted by atomic mass is 9.90. The highest BCUT2D eigenvalue weighted by molar-refractivity contribution is 5.98. The van der Waals surface area contributed by atoms with Crippen molar-refractivity contribution in [1.29, 1.82) is 0 Å². The predicted octanol–water partition coefficient (Wildman–Crippen LogP) is 2.95. The van der Waals surface area contributed by atoms with Gasteiger partial charge >= 0.3 is 0 Å². The molecule has 0 aromatic heterocycles. The van der Waals surface area contributed by atoms with Crippen LogP contribution in [0.5, 0.6) is 5.75 Å². The van der Waals surface area contributed by atoms with Crippen LogP contribution in [0.1, 0.15) is 49.0 Å². The Kier molecular flexibility index (Phi) is 3.80. The van der Waals surface area contributed by atoms with E-state index in [-0.39, 0.29) is 17.7 Å². The van der Waals surface area contributed by atoms with E-state index in [2.05, 4.69) is 0 Å². The Morgan fingerprint density at radius 1 is 1.39 bits per heavy atom. The van der Waals surface area contributed by atoms with Crippen molar-refractivity contribution in [3.8, 4) is 5.75 Å². The molecular formula is C15H18O3. The molecule has 0 bridgehead atoms. The number of carbonyl (C=O) groups excluding carboxylic acids is 2. The van der Waals surface area contributed by atoms with Gasteiger partial charge in [0.25, 0.3) is 0 Å². The number of Topliss-reactive ketones (excluding diaryl/α,β-unsaturated/α-hetero) is 2. The highest BCUT2D eigenvalue weighted by Crippen LogP contribution is 2.26. The predicted molar refractivity (Wildman–Crippen MR) is 69.1 cm³/mol. The van der Waals surface area contributed by atoms with Crippen molar-refractivity contribution in [2.24, 2.45) is 0 Å². The maximum atomic E-state index is 11.7. The fourth-order valence-corrected chi connectivity index (χ4v) is 2.38. The summed E-state index contributed by atoms with van der Waals surface area (Å²) in [4.78, 5) is 22.7. The topological polar surface area (TPSA) is 43.4 Å². The zero-order chi connectivity index (χ0) is 13.1. The molecule has 0 N–H and O–H groups in total. The zero-order valence-electron chi connectivity index (χ0n) is 10.9. The standard InChI is InChI=1S/C15H18O3/c1-10(16)8-11(2)18-13-6-7-14-12(9-13)4-3-5-15(14)17/h6-7,9,11H,3-5,8H2,1-2H3. The third-order valence-electron chi connectivity index (χ3n) is 3.14. The molecule has 0 fully saturated rings. The summed E-state index contributed by atoms with van der Waals surface area (Å²) in [6, 6.07) is 5.59. The van der Waals surface area contributed by atoms with Crippen molar-refractivity contribution in [3.63, 3.8) is 0 Å². The van der Waals surface area contributed by atoms with Crippen molar-refractivity contribution in [3.05, 3.63) is 29.3 Å². The molecule has 0 amide bonds. The fraction of sp³-hybridized carbons (Fsp3) is 0.467. The Hall–Kier alpha value is -1.64. The number of ether oxygens (including phenoxy) is 1. The second-order valence-corrected chi connectivity index (χ2v) is 4.93. The highest BCUT2D eigenvalue weighted by atomic mass is 16.5. The van der Waals surface area contributed by atoms with Crippen LogP contribution in [0.15, 0.2) is 18.2 Å². The molecule has 3 nitrogen and oxygen atoms in total. The number of rotatable bonds is 4. The lowest BCUT2D eigenvalue weighted by molar-refractivity contribution is -0.118. The summed E-state index contributed by atoms with van der Waals surface area (Å²) in [6.07, 6.45) is 2.78. The Morgan fingerprint density at radius 2 is 2.17 bits per heavy atom. The molecule has 18 heavy (non-hydrogen) atoms. The second kappa shape index (κ2) is 5.34. The fourth-order valence-electron chi connectivity index (χ4n) is 2.38. The van der Waals surface area contributed by atoms with E-state index in [0.29, 0.717) is 12.8 Å². The second-order valence-electron chi connectivity index (χ2n) is 4.93. The average molecular weight is 246 g/mol. The summed E-state index contributed by atoms with van der Waals surface area (Å²) < 4.78 is 5.69. The van der Waals surface area contributed by atoms with E-state index in [9.17, 15) is 9.59 Å². The number of carbonyl (C=O) groups is 2. The van der Waals surface area contributed by atoms with E-state index >= 15 is 0 Å². The molecule has 3 heteroatoms. The van der Waals surface area contributed by atoms with Gasteiger partial charge in [0, 0.05) is 18.4 Å². The van der Waals surface area contributed by atoms with Crippen LogP contribution in [-0.2, 0) is 11.2 Å². The molecule has 1 unspecified atom stereocenters. The molecule has 0 saturated heterocycles. The van der Waals surface area contributed by atoms with Crippen molar-refractivity contribution in [2.75, 3.05) is 0 Å². The van der Waals surface area contributed by atoms with Gasteiger partial charge in [-0.3, -0.25) is 9.59 Å². The third kappa shape index (κ3) is 2.97. The minimum atomic E-state index is -0.125. The molecule has 96 valence electrons. The SMILES string of the molecule is CC(=O)CC(C)Oc1ccc2c(c1)CCCC2=O. The lowest BCUT2D eigenvalue weighted by Gasteiger charge is -2.18. The largest absolute Gasteiger partial charge is 0.490 e. The van der Waals surface area contributed by atoms with Crippen LogP contribution >= 0.6 is 0 Å². The summed E-state index contributed by atoms with van der Waals surface area (Å²) >= 11 is 0. The maximum Gasteiger partial charge on any atom is 0.163 e. The minimum Gasteiger partial charge on any atom is -0.490 e. The van der Waals surface area contributed by atoms with Crippen LogP contribution in [0.2, 0.25) is 0 Å². The van der Waals surface area contributed by atoms with Crippen LogP contribution < -0.4 is 4.74 Å². The number of aryl methyl sites for hydroxylation is 1. The first-order valence-electron chi connectivity index (χ1n) is 6.38. The number of fused-ring (bicyclic) bond motifs is 1. The van der Waals surface area contributed by atoms with Crippen LogP contribution in [0.3, 0.4) is 0 Å². The van der Waals surface area contributed by atoms with Crippen molar-refractivity contribution < 1.29 is 14.3 Å². The number of hydrogen-bond acceptors (Lipinski definition) is 3. The third-order valence-corrected chi connectivity index (χ3v) is 3.14. The van der Waals surface area contributed by atoms with E-state index < -0.39 is 0 Å². The first-order chi connectivity index (χ1) is 8.56. The Balaban J connectivity index is 2.11. The van der Waals surface area contributed by atoms with Gasteiger partial charge in [0.05, 0.1) is 0 Å². The zero-order valence-corrected chi connectivity index (χ0v) is 10.9. The summed E-state index contributed by atoms with van der Waals surface area (Å²) in [5.41, 5.74) is 1.89. The van der Waals surface area contributed by atoms with Crippen LogP contribution in [0, 0.1) is 0 Å². The van der Waals surface area contributed by atoms with E-state index in [1.807, 2.05) is 25.1 Å². The molecule has 1 aliphatic carbocycles. The maximum absolute atomic E-state index is 11.7. The van der Waals surface area contributed by atoms with Crippen molar-refractivity contribution >= 4 is 11.6 Å².